The summed E-state index contributed by atoms with van der Waals surface area (Å²) in [4.78, 5) is 12.3. The molecule has 22 heavy (non-hydrogen) atoms. The predicted molar refractivity (Wildman–Crippen MR) is 86.5 cm³/mol. The van der Waals surface area contributed by atoms with Crippen LogP contribution in [0.15, 0.2) is 42.5 Å². The number of halogens is 2. The fraction of sp³-hybridized carbons (Fsp3) is 0.235. The van der Waals surface area contributed by atoms with Gasteiger partial charge in [-0.3, -0.25) is 4.79 Å². The highest BCUT2D eigenvalue weighted by Crippen LogP contribution is 2.30. The third-order valence-corrected chi connectivity index (χ3v) is 4.08. The number of amides is 1. The zero-order chi connectivity index (χ0) is 15.5. The minimum atomic E-state index is -0.342. The van der Waals surface area contributed by atoms with Gasteiger partial charge in [-0.05, 0) is 48.9 Å². The number of hydrogen-bond donors (Lipinski definition) is 2. The second-order valence-corrected chi connectivity index (χ2v) is 5.81. The molecule has 1 aliphatic rings. The Kier molecular flexibility index (Phi) is 4.41. The van der Waals surface area contributed by atoms with Crippen molar-refractivity contribution >= 4 is 23.2 Å². The lowest BCUT2D eigenvalue weighted by molar-refractivity contribution is -0.119. The maximum atomic E-state index is 13.6. The van der Waals surface area contributed by atoms with E-state index in [4.69, 9.17) is 11.6 Å². The lowest BCUT2D eigenvalue weighted by Crippen LogP contribution is -2.24. The summed E-state index contributed by atoms with van der Waals surface area (Å²) in [7, 11) is 0. The largest absolute Gasteiger partial charge is 0.325 e. The summed E-state index contributed by atoms with van der Waals surface area (Å²) in [6.45, 7) is 1.54. The van der Waals surface area contributed by atoms with Crippen molar-refractivity contribution in [2.75, 3.05) is 18.4 Å². The van der Waals surface area contributed by atoms with E-state index >= 15 is 0 Å². The Hall–Kier alpha value is -1.91. The number of benzene rings is 2. The quantitative estimate of drug-likeness (QED) is 0.906. The monoisotopic (exact) mass is 318 g/mol. The molecule has 0 saturated carbocycles. The van der Waals surface area contributed by atoms with Gasteiger partial charge in [0.25, 0.3) is 0 Å². The minimum absolute atomic E-state index is 0.0354. The van der Waals surface area contributed by atoms with E-state index in [1.54, 1.807) is 18.2 Å². The van der Waals surface area contributed by atoms with Gasteiger partial charge in [-0.15, -0.1) is 0 Å². The van der Waals surface area contributed by atoms with Gasteiger partial charge in [0.1, 0.15) is 5.82 Å². The van der Waals surface area contributed by atoms with Crippen molar-refractivity contribution in [3.8, 4) is 11.1 Å². The number of rotatable bonds is 3. The highest BCUT2D eigenvalue weighted by Gasteiger charge is 2.23. The van der Waals surface area contributed by atoms with E-state index in [2.05, 4.69) is 10.6 Å². The number of carbonyl (C=O) groups excluding carboxylic acids is 1. The van der Waals surface area contributed by atoms with Crippen molar-refractivity contribution in [2.24, 2.45) is 5.92 Å². The molecule has 3 rings (SSSR count). The van der Waals surface area contributed by atoms with Crippen molar-refractivity contribution in [3.05, 3.63) is 53.3 Å². The first kappa shape index (κ1) is 15.0. The van der Waals surface area contributed by atoms with E-state index in [-0.39, 0.29) is 17.6 Å². The molecule has 1 saturated heterocycles. The summed E-state index contributed by atoms with van der Waals surface area (Å²) >= 11 is 5.89. The molecule has 0 bridgehead atoms. The topological polar surface area (TPSA) is 41.1 Å². The summed E-state index contributed by atoms with van der Waals surface area (Å²) in [5.74, 6) is -0.416. The van der Waals surface area contributed by atoms with Crippen LogP contribution in [0.2, 0.25) is 5.02 Å². The van der Waals surface area contributed by atoms with E-state index in [1.807, 2.05) is 12.1 Å². The summed E-state index contributed by atoms with van der Waals surface area (Å²) in [5, 5.41) is 6.69. The first-order chi connectivity index (χ1) is 10.6. The molecule has 0 aromatic heterocycles. The van der Waals surface area contributed by atoms with Crippen molar-refractivity contribution < 1.29 is 9.18 Å². The van der Waals surface area contributed by atoms with Gasteiger partial charge in [-0.25, -0.2) is 4.39 Å². The molecule has 0 spiro atoms. The van der Waals surface area contributed by atoms with Crippen LogP contribution < -0.4 is 10.6 Å². The lowest BCUT2D eigenvalue weighted by Gasteiger charge is -2.14. The Labute approximate surface area is 133 Å². The number of carbonyl (C=O) groups is 1. The second kappa shape index (κ2) is 6.46. The molecule has 1 fully saturated rings. The summed E-state index contributed by atoms with van der Waals surface area (Å²) in [6.07, 6.45) is 0.823. The first-order valence-electron chi connectivity index (χ1n) is 7.20. The zero-order valence-electron chi connectivity index (χ0n) is 11.9. The third kappa shape index (κ3) is 3.29. The van der Waals surface area contributed by atoms with E-state index in [0.29, 0.717) is 22.8 Å². The van der Waals surface area contributed by atoms with Crippen molar-refractivity contribution in [1.29, 1.82) is 0 Å². The molecule has 2 aromatic rings. The van der Waals surface area contributed by atoms with Crippen LogP contribution in [0, 0.1) is 11.7 Å². The molecule has 5 heteroatoms. The van der Waals surface area contributed by atoms with Gasteiger partial charge in [0.2, 0.25) is 5.91 Å². The van der Waals surface area contributed by atoms with Gasteiger partial charge < -0.3 is 10.6 Å². The van der Waals surface area contributed by atoms with Crippen LogP contribution in [-0.2, 0) is 4.79 Å². The molecule has 3 nitrogen and oxygen atoms in total. The molecule has 0 unspecified atom stereocenters. The normalized spacial score (nSPS) is 17.5. The van der Waals surface area contributed by atoms with Crippen LogP contribution in [0.3, 0.4) is 0 Å². The fourth-order valence-corrected chi connectivity index (χ4v) is 2.73. The van der Waals surface area contributed by atoms with Crippen molar-refractivity contribution in [3.63, 3.8) is 0 Å². The SMILES string of the molecule is O=C(Nc1ccc(F)cc1-c1ccc(Cl)cc1)[C@@H]1CCNC1. The molecule has 2 N–H and O–H groups in total. The van der Waals surface area contributed by atoms with Crippen molar-refractivity contribution in [1.82, 2.24) is 5.32 Å². The van der Waals surface area contributed by atoms with Gasteiger partial charge in [-0.2, -0.15) is 0 Å². The van der Waals surface area contributed by atoms with E-state index in [0.717, 1.165) is 18.5 Å². The van der Waals surface area contributed by atoms with Crippen LogP contribution in [0.4, 0.5) is 10.1 Å². The number of anilines is 1. The van der Waals surface area contributed by atoms with Crippen LogP contribution in [0.1, 0.15) is 6.42 Å². The molecular formula is C17H16ClFN2O. The van der Waals surface area contributed by atoms with Crippen LogP contribution in [-0.4, -0.2) is 19.0 Å². The van der Waals surface area contributed by atoms with E-state index in [9.17, 15) is 9.18 Å². The minimum Gasteiger partial charge on any atom is -0.325 e. The maximum absolute atomic E-state index is 13.6. The Balaban J connectivity index is 1.90. The third-order valence-electron chi connectivity index (χ3n) is 3.83. The molecular weight excluding hydrogens is 303 g/mol. The van der Waals surface area contributed by atoms with Gasteiger partial charge in [0.15, 0.2) is 0 Å². The second-order valence-electron chi connectivity index (χ2n) is 5.38. The van der Waals surface area contributed by atoms with Gasteiger partial charge >= 0.3 is 0 Å². The van der Waals surface area contributed by atoms with Crippen LogP contribution in [0.25, 0.3) is 11.1 Å². The van der Waals surface area contributed by atoms with Crippen LogP contribution in [0.5, 0.6) is 0 Å². The molecule has 0 radical (unpaired) electrons. The molecule has 1 amide bonds. The maximum Gasteiger partial charge on any atom is 0.228 e. The Bertz CT molecular complexity index is 682. The Morgan fingerprint density at radius 2 is 2.00 bits per heavy atom. The van der Waals surface area contributed by atoms with Crippen LogP contribution >= 0.6 is 11.6 Å². The Morgan fingerprint density at radius 3 is 2.68 bits per heavy atom. The Morgan fingerprint density at radius 1 is 1.23 bits per heavy atom. The molecule has 1 aliphatic heterocycles. The molecule has 1 atom stereocenters. The van der Waals surface area contributed by atoms with Gasteiger partial charge in [-0.1, -0.05) is 23.7 Å². The summed E-state index contributed by atoms with van der Waals surface area (Å²) in [5.41, 5.74) is 2.07. The smallest absolute Gasteiger partial charge is 0.228 e. The molecule has 0 aliphatic carbocycles. The predicted octanol–water partition coefficient (Wildman–Crippen LogP) is 3.69. The number of nitrogens with one attached hydrogen (secondary N) is 2. The fourth-order valence-electron chi connectivity index (χ4n) is 2.61. The van der Waals surface area contributed by atoms with E-state index in [1.165, 1.54) is 12.1 Å². The standard InChI is InChI=1S/C17H16ClFN2O/c18-13-3-1-11(2-4-13)15-9-14(19)5-6-16(15)21-17(22)12-7-8-20-10-12/h1-6,9,12,20H,7-8,10H2,(H,21,22)/t12-/m1/s1. The first-order valence-corrected chi connectivity index (χ1v) is 7.58. The highest BCUT2D eigenvalue weighted by molar-refractivity contribution is 6.30. The highest BCUT2D eigenvalue weighted by atomic mass is 35.5. The average Bonchev–Trinajstić information content (AvgIpc) is 3.04. The van der Waals surface area contributed by atoms with Gasteiger partial charge in [0, 0.05) is 22.8 Å². The summed E-state index contributed by atoms with van der Waals surface area (Å²) < 4.78 is 13.6. The summed E-state index contributed by atoms with van der Waals surface area (Å²) in [6, 6.07) is 11.5. The zero-order valence-corrected chi connectivity index (χ0v) is 12.7. The average molecular weight is 319 g/mol. The van der Waals surface area contributed by atoms with E-state index < -0.39 is 0 Å². The molecule has 2 aromatic carbocycles. The molecule has 114 valence electrons. The van der Waals surface area contributed by atoms with Crippen molar-refractivity contribution in [2.45, 2.75) is 6.42 Å². The number of hydrogen-bond acceptors (Lipinski definition) is 2. The molecule has 1 heterocycles. The van der Waals surface area contributed by atoms with Gasteiger partial charge in [0.05, 0.1) is 5.92 Å². The lowest BCUT2D eigenvalue weighted by atomic mass is 10.0.